The van der Waals surface area contributed by atoms with E-state index < -0.39 is 24.1 Å². The van der Waals surface area contributed by atoms with Crippen LogP contribution in [0.1, 0.15) is 71.4 Å². The van der Waals surface area contributed by atoms with Crippen molar-refractivity contribution in [1.82, 2.24) is 34.9 Å². The van der Waals surface area contributed by atoms with Crippen molar-refractivity contribution in [2.45, 2.75) is 84.3 Å². The van der Waals surface area contributed by atoms with Gasteiger partial charge in [-0.1, -0.05) is 67.5 Å². The molecule has 18 heteroatoms. The maximum atomic E-state index is 14.3. The topological polar surface area (TPSA) is 203 Å². The van der Waals surface area contributed by atoms with E-state index in [-0.39, 0.29) is 43.8 Å². The van der Waals surface area contributed by atoms with Crippen LogP contribution in [0.15, 0.2) is 102 Å². The highest BCUT2D eigenvalue weighted by atomic mass is 32.1. The average Bonchev–Trinajstić information content (AvgIpc) is 4.26. The molecular weight excluding hydrogens is 949 g/mol. The van der Waals surface area contributed by atoms with Gasteiger partial charge in [0.2, 0.25) is 11.8 Å². The minimum absolute atomic E-state index is 0.00115. The molecule has 3 aromatic carbocycles. The summed E-state index contributed by atoms with van der Waals surface area (Å²) >= 11 is 1.53. The smallest absolute Gasteiger partial charge is 0.255 e. The second-order valence-electron chi connectivity index (χ2n) is 18.8. The summed E-state index contributed by atoms with van der Waals surface area (Å²) in [5.74, 6) is -0.620. The fourth-order valence-electron chi connectivity index (χ4n) is 10.0. The van der Waals surface area contributed by atoms with Gasteiger partial charge in [0.25, 0.3) is 5.91 Å². The molecule has 1 aliphatic carbocycles. The highest BCUT2D eigenvalue weighted by Gasteiger charge is 2.46. The number of carbonyl (C=O) groups is 3. The van der Waals surface area contributed by atoms with Crippen LogP contribution in [0.4, 0.5) is 0 Å². The van der Waals surface area contributed by atoms with Crippen molar-refractivity contribution in [1.29, 1.82) is 0 Å². The van der Waals surface area contributed by atoms with Gasteiger partial charge in [0.15, 0.2) is 0 Å². The number of nitrogens with one attached hydrogen (secondary N) is 1. The monoisotopic (exact) mass is 1010 g/mol. The number of fused-ring (bicyclic) bond motifs is 2. The summed E-state index contributed by atoms with van der Waals surface area (Å²) in [6.45, 7) is 9.53. The number of ether oxygens (including phenoxy) is 4. The highest BCUT2D eigenvalue weighted by Crippen LogP contribution is 2.36. The number of rotatable bonds is 23. The first-order valence-corrected chi connectivity index (χ1v) is 25.8. The van der Waals surface area contributed by atoms with E-state index in [0.717, 1.165) is 80.2 Å². The second-order valence-corrected chi connectivity index (χ2v) is 19.7. The largest absolute Gasteiger partial charge is 0.491 e. The van der Waals surface area contributed by atoms with Crippen LogP contribution in [0.25, 0.3) is 32.8 Å². The number of aliphatic hydroxyl groups is 1. The molecular formula is C55H62N8O9S. The Labute approximate surface area is 428 Å². The molecule has 3 N–H and O–H groups in total. The van der Waals surface area contributed by atoms with Crippen molar-refractivity contribution in [3.8, 4) is 38.6 Å². The van der Waals surface area contributed by atoms with Crippen LogP contribution in [0.5, 0.6) is 5.75 Å². The molecule has 0 bridgehead atoms. The zero-order valence-electron chi connectivity index (χ0n) is 41.4. The normalized spacial score (nSPS) is 17.2. The number of hydrogen-bond donors (Lipinski definition) is 3. The third kappa shape index (κ3) is 11.7. The Morgan fingerprint density at radius 3 is 2.36 bits per heavy atom. The summed E-state index contributed by atoms with van der Waals surface area (Å²) in [5, 5.41) is 31.4. The van der Waals surface area contributed by atoms with Crippen LogP contribution in [0.2, 0.25) is 0 Å². The molecule has 0 saturated carbocycles. The SMILES string of the molecule is Cc1ncsc1-c1ccc(CNC(=O)[C@@H]2C[C@@H](O)CN2C(=O)[C@H](C(C)C)N2Cc3ccccc3C2=O)c(OCCOCCOCCOCCCn2ncc(-c3ccc4c(c3)CCC4=NO)c2-c2ccncc2)c1. The number of benzene rings is 3. The van der Waals surface area contributed by atoms with E-state index in [1.54, 1.807) is 28.9 Å². The molecule has 0 unspecified atom stereocenters. The van der Waals surface area contributed by atoms with Crippen molar-refractivity contribution >= 4 is 34.8 Å². The highest BCUT2D eigenvalue weighted by molar-refractivity contribution is 7.13. The number of β-amino-alcohol motifs (C(OH)–C–C–N with tert-alkyl or cyclic N) is 1. The molecule has 73 heavy (non-hydrogen) atoms. The van der Waals surface area contributed by atoms with Gasteiger partial charge in [0, 0.05) is 79.4 Å². The molecule has 0 spiro atoms. The van der Waals surface area contributed by atoms with Crippen LogP contribution < -0.4 is 10.1 Å². The molecule has 5 heterocycles. The lowest BCUT2D eigenvalue weighted by molar-refractivity contribution is -0.143. The second kappa shape index (κ2) is 23.8. The first-order valence-electron chi connectivity index (χ1n) is 24.9. The summed E-state index contributed by atoms with van der Waals surface area (Å²) in [6, 6.07) is 21.7. The first kappa shape index (κ1) is 51.1. The molecule has 3 aromatic heterocycles. The number of hydrogen-bond acceptors (Lipinski definition) is 14. The number of carbonyl (C=O) groups excluding carboxylic acids is 3. The molecule has 2 aliphatic heterocycles. The lowest BCUT2D eigenvalue weighted by Gasteiger charge is -2.35. The molecule has 0 radical (unpaired) electrons. The van der Waals surface area contributed by atoms with E-state index in [1.165, 1.54) is 21.8 Å². The minimum Gasteiger partial charge on any atom is -0.491 e. The molecule has 3 amide bonds. The summed E-state index contributed by atoms with van der Waals surface area (Å²) in [6.07, 6.45) is 7.01. The maximum Gasteiger partial charge on any atom is 0.255 e. The van der Waals surface area contributed by atoms with Gasteiger partial charge >= 0.3 is 0 Å². The Balaban J connectivity index is 0.717. The van der Waals surface area contributed by atoms with E-state index >= 15 is 0 Å². The van der Waals surface area contributed by atoms with Crippen LogP contribution in [-0.4, -0.2) is 134 Å². The van der Waals surface area contributed by atoms with Crippen molar-refractivity contribution in [3.05, 3.63) is 130 Å². The van der Waals surface area contributed by atoms with Gasteiger partial charge in [0.1, 0.15) is 24.4 Å². The lowest BCUT2D eigenvalue weighted by Crippen LogP contribution is -2.55. The lowest BCUT2D eigenvalue weighted by atomic mass is 9.98. The number of pyridine rings is 1. The zero-order chi connectivity index (χ0) is 50.8. The number of likely N-dealkylation sites (tertiary alicyclic amines) is 1. The Bertz CT molecular complexity index is 2920. The third-order valence-corrected chi connectivity index (χ3v) is 14.6. The van der Waals surface area contributed by atoms with Crippen LogP contribution in [0.3, 0.4) is 0 Å². The number of aromatic nitrogens is 4. The predicted molar refractivity (Wildman–Crippen MR) is 275 cm³/mol. The molecule has 1 saturated heterocycles. The van der Waals surface area contributed by atoms with E-state index in [1.807, 2.05) is 86.2 Å². The van der Waals surface area contributed by atoms with Crippen LogP contribution in [-0.2, 0) is 49.9 Å². The number of aliphatic hydroxyl groups excluding tert-OH is 1. The number of nitrogens with zero attached hydrogens (tertiary/aromatic N) is 7. The molecule has 3 aliphatic rings. The molecule has 9 rings (SSSR count). The number of aryl methyl sites for hydroxylation is 3. The number of amides is 3. The van der Waals surface area contributed by atoms with E-state index in [2.05, 4.69) is 32.6 Å². The maximum absolute atomic E-state index is 14.3. The van der Waals surface area contributed by atoms with Gasteiger partial charge in [-0.15, -0.1) is 11.3 Å². The minimum atomic E-state index is -0.912. The number of oxime groups is 1. The van der Waals surface area contributed by atoms with Gasteiger partial charge in [-0.25, -0.2) is 4.98 Å². The van der Waals surface area contributed by atoms with E-state index in [0.29, 0.717) is 64.0 Å². The third-order valence-electron chi connectivity index (χ3n) is 13.6. The van der Waals surface area contributed by atoms with Crippen molar-refractivity contribution in [2.24, 2.45) is 11.1 Å². The van der Waals surface area contributed by atoms with Gasteiger partial charge in [-0.05, 0) is 78.6 Å². The van der Waals surface area contributed by atoms with Crippen molar-refractivity contribution < 1.29 is 43.6 Å². The standard InChI is InChI=1S/C55H62N8O9S/c1-35(2)50(62-32-42-7-4-5-8-45(42)54(62)66)55(67)61-33-43(64)29-48(61)53(65)57-30-41-10-9-40(52-36(3)58-34-73-52)28-49(41)72-26-25-71-24-23-70-22-21-69-20-6-19-63-51(37-15-17-56-18-16-37)46(31-59-63)39-11-13-44-38(27-39)12-14-47(44)60-68/h4-5,7-11,13,15-18,27-28,31,34-35,43,48,50,64,68H,6,12,14,19-26,29-30,32-33H2,1-3H3,(H,57,65)/t43-,48+,50+/m1/s1. The van der Waals surface area contributed by atoms with Gasteiger partial charge in [-0.3, -0.25) is 24.0 Å². The van der Waals surface area contributed by atoms with E-state index in [9.17, 15) is 24.7 Å². The Morgan fingerprint density at radius 2 is 1.62 bits per heavy atom. The first-order chi connectivity index (χ1) is 35.6. The quantitative estimate of drug-likeness (QED) is 0.0339. The van der Waals surface area contributed by atoms with Gasteiger partial charge < -0.3 is 44.4 Å². The van der Waals surface area contributed by atoms with Crippen LogP contribution >= 0.6 is 11.3 Å². The molecule has 6 aromatic rings. The zero-order valence-corrected chi connectivity index (χ0v) is 42.3. The number of thiazole rings is 1. The summed E-state index contributed by atoms with van der Waals surface area (Å²) < 4.78 is 25.8. The molecule has 3 atom stereocenters. The van der Waals surface area contributed by atoms with Gasteiger partial charge in [0.05, 0.1) is 72.8 Å². The Hall–Kier alpha value is -6.83. The van der Waals surface area contributed by atoms with E-state index in [4.69, 9.17) is 24.0 Å². The average molecular weight is 1010 g/mol. The fraction of sp³-hybridized carbons (Fsp3) is 0.400. The predicted octanol–water partition coefficient (Wildman–Crippen LogP) is 6.95. The summed E-state index contributed by atoms with van der Waals surface area (Å²) in [7, 11) is 0. The Morgan fingerprint density at radius 1 is 0.863 bits per heavy atom. The summed E-state index contributed by atoms with van der Waals surface area (Å²) in [5.41, 5.74) is 12.8. The molecule has 382 valence electrons. The fourth-order valence-corrected chi connectivity index (χ4v) is 10.8. The molecule has 1 fully saturated rings. The van der Waals surface area contributed by atoms with Crippen molar-refractivity contribution in [2.75, 3.05) is 52.8 Å². The van der Waals surface area contributed by atoms with Crippen LogP contribution in [0, 0.1) is 12.8 Å². The Kier molecular flexibility index (Phi) is 16.7. The van der Waals surface area contributed by atoms with Gasteiger partial charge in [-0.2, -0.15) is 5.10 Å². The molecule has 17 nitrogen and oxygen atoms in total. The summed E-state index contributed by atoms with van der Waals surface area (Å²) in [4.78, 5) is 54.3. The van der Waals surface area contributed by atoms with Crippen molar-refractivity contribution in [3.63, 3.8) is 0 Å².